The number of amides is 1. The van der Waals surface area contributed by atoms with E-state index in [1.807, 2.05) is 32.0 Å². The van der Waals surface area contributed by atoms with Crippen LogP contribution in [0.15, 0.2) is 30.3 Å². The van der Waals surface area contributed by atoms with Gasteiger partial charge in [-0.25, -0.2) is 9.78 Å². The fourth-order valence-electron chi connectivity index (χ4n) is 2.05. The minimum Gasteiger partial charge on any atom is -0.462 e. The molecule has 0 fully saturated rings. The van der Waals surface area contributed by atoms with E-state index >= 15 is 0 Å². The van der Waals surface area contributed by atoms with Gasteiger partial charge in [-0.05, 0) is 39.8 Å². The Morgan fingerprint density at radius 3 is 2.52 bits per heavy atom. The first-order valence-electron chi connectivity index (χ1n) is 7.37. The van der Waals surface area contributed by atoms with E-state index in [1.165, 1.54) is 11.3 Å². The van der Waals surface area contributed by atoms with Gasteiger partial charge < -0.3 is 10.1 Å². The molecule has 1 N–H and O–H groups in total. The Labute approximate surface area is 139 Å². The van der Waals surface area contributed by atoms with Crippen molar-refractivity contribution in [3.63, 3.8) is 0 Å². The zero-order valence-corrected chi connectivity index (χ0v) is 14.5. The minimum absolute atomic E-state index is 0.180. The Kier molecular flexibility index (Phi) is 5.15. The van der Waals surface area contributed by atoms with Gasteiger partial charge in [0.15, 0.2) is 0 Å². The lowest BCUT2D eigenvalue weighted by Crippen LogP contribution is -2.40. The van der Waals surface area contributed by atoms with Crippen molar-refractivity contribution in [2.24, 2.45) is 0 Å². The number of rotatable bonds is 5. The number of nitrogens with zero attached hydrogens (tertiary/aromatic N) is 1. The molecule has 1 heterocycles. The van der Waals surface area contributed by atoms with Crippen LogP contribution in [0.4, 0.5) is 0 Å². The van der Waals surface area contributed by atoms with Gasteiger partial charge in [0.05, 0.1) is 17.8 Å². The highest BCUT2D eigenvalue weighted by molar-refractivity contribution is 7.13. The smallest absolute Gasteiger partial charge is 0.350 e. The Hall–Kier alpha value is -2.21. The van der Waals surface area contributed by atoms with Gasteiger partial charge in [-0.2, -0.15) is 0 Å². The molecule has 0 aliphatic heterocycles. The first kappa shape index (κ1) is 17.1. The number of carbonyl (C=O) groups is 2. The summed E-state index contributed by atoms with van der Waals surface area (Å²) in [5.41, 5.74) is 0.512. The molecule has 0 radical (unpaired) electrons. The highest BCUT2D eigenvalue weighted by Crippen LogP contribution is 2.28. The minimum atomic E-state index is -0.687. The number of thiazole rings is 1. The number of carbonyl (C=O) groups excluding carboxylic acids is 2. The van der Waals surface area contributed by atoms with E-state index in [1.54, 1.807) is 26.0 Å². The summed E-state index contributed by atoms with van der Waals surface area (Å²) in [7, 11) is 0. The molecule has 2 rings (SSSR count). The Balaban J connectivity index is 2.21. The topological polar surface area (TPSA) is 68.3 Å². The normalized spacial score (nSPS) is 11.1. The van der Waals surface area contributed by atoms with Crippen LogP contribution < -0.4 is 5.32 Å². The summed E-state index contributed by atoms with van der Waals surface area (Å²) in [6, 6.07) is 8.99. The molecule has 5 nitrogen and oxygen atoms in total. The van der Waals surface area contributed by atoms with Crippen LogP contribution in [0.3, 0.4) is 0 Å². The number of esters is 1. The van der Waals surface area contributed by atoms with Gasteiger partial charge in [0.1, 0.15) is 9.88 Å². The second-order valence-corrected chi connectivity index (χ2v) is 6.60. The largest absolute Gasteiger partial charge is 0.462 e. The van der Waals surface area contributed by atoms with Crippen molar-refractivity contribution in [2.75, 3.05) is 6.61 Å². The fourth-order valence-corrected chi connectivity index (χ4v) is 3.07. The third-order valence-electron chi connectivity index (χ3n) is 3.25. The SMILES string of the molecule is CCOC(=O)c1sc(C(C)(C)NC(=O)c2ccccc2)nc1C. The van der Waals surface area contributed by atoms with Crippen molar-refractivity contribution in [3.8, 4) is 0 Å². The van der Waals surface area contributed by atoms with Gasteiger partial charge in [0.2, 0.25) is 0 Å². The van der Waals surface area contributed by atoms with E-state index in [4.69, 9.17) is 4.74 Å². The first-order valence-corrected chi connectivity index (χ1v) is 8.19. The molecule has 1 aromatic carbocycles. The Morgan fingerprint density at radius 2 is 1.91 bits per heavy atom. The third-order valence-corrected chi connectivity index (χ3v) is 4.72. The predicted octanol–water partition coefficient (Wildman–Crippen LogP) is 3.29. The molecule has 122 valence electrons. The van der Waals surface area contributed by atoms with Crippen LogP contribution in [0.1, 0.15) is 51.5 Å². The molecule has 1 aromatic heterocycles. The summed E-state index contributed by atoms with van der Waals surface area (Å²) in [5, 5.41) is 3.63. The van der Waals surface area contributed by atoms with Crippen molar-refractivity contribution in [1.82, 2.24) is 10.3 Å². The average Bonchev–Trinajstić information content (AvgIpc) is 2.91. The van der Waals surface area contributed by atoms with Crippen LogP contribution >= 0.6 is 11.3 Å². The van der Waals surface area contributed by atoms with Crippen LogP contribution in [0, 0.1) is 6.92 Å². The van der Waals surface area contributed by atoms with Gasteiger partial charge in [-0.3, -0.25) is 4.79 Å². The van der Waals surface area contributed by atoms with Gasteiger partial charge in [0.25, 0.3) is 5.91 Å². The van der Waals surface area contributed by atoms with E-state index in [0.717, 1.165) is 0 Å². The number of hydrogen-bond donors (Lipinski definition) is 1. The van der Waals surface area contributed by atoms with Gasteiger partial charge in [-0.15, -0.1) is 11.3 Å². The maximum Gasteiger partial charge on any atom is 0.350 e. The fraction of sp³-hybridized carbons (Fsp3) is 0.353. The summed E-state index contributed by atoms with van der Waals surface area (Å²) >= 11 is 1.25. The van der Waals surface area contributed by atoms with Crippen molar-refractivity contribution in [2.45, 2.75) is 33.2 Å². The highest BCUT2D eigenvalue weighted by Gasteiger charge is 2.29. The van der Waals surface area contributed by atoms with Crippen LogP contribution in [-0.2, 0) is 10.3 Å². The summed E-state index contributed by atoms with van der Waals surface area (Å²) in [5.74, 6) is -0.555. The zero-order valence-electron chi connectivity index (χ0n) is 13.7. The number of hydrogen-bond acceptors (Lipinski definition) is 5. The molecule has 6 heteroatoms. The van der Waals surface area contributed by atoms with E-state index in [2.05, 4.69) is 10.3 Å². The Bertz CT molecular complexity index is 708. The first-order chi connectivity index (χ1) is 10.8. The maximum absolute atomic E-state index is 12.3. The third kappa shape index (κ3) is 3.96. The molecule has 1 amide bonds. The van der Waals surface area contributed by atoms with Crippen molar-refractivity contribution < 1.29 is 14.3 Å². The van der Waals surface area contributed by atoms with Crippen LogP contribution in [0.2, 0.25) is 0 Å². The molecular formula is C17H20N2O3S. The number of nitrogens with one attached hydrogen (secondary N) is 1. The monoisotopic (exact) mass is 332 g/mol. The van der Waals surface area contributed by atoms with Gasteiger partial charge in [-0.1, -0.05) is 18.2 Å². The standard InChI is InChI=1S/C17H20N2O3S/c1-5-22-15(21)13-11(2)18-16(23-13)17(3,4)19-14(20)12-9-7-6-8-10-12/h6-10H,5H2,1-4H3,(H,19,20). The molecule has 0 unspecified atom stereocenters. The second-order valence-electron chi connectivity index (χ2n) is 5.60. The van der Waals surface area contributed by atoms with Gasteiger partial charge >= 0.3 is 5.97 Å². The molecule has 0 aliphatic rings. The van der Waals surface area contributed by atoms with E-state index in [-0.39, 0.29) is 11.9 Å². The van der Waals surface area contributed by atoms with Crippen molar-refractivity contribution >= 4 is 23.2 Å². The summed E-state index contributed by atoms with van der Waals surface area (Å²) in [6.07, 6.45) is 0. The predicted molar refractivity (Wildman–Crippen MR) is 89.7 cm³/mol. The van der Waals surface area contributed by atoms with Crippen LogP contribution in [0.25, 0.3) is 0 Å². The molecule has 0 aliphatic carbocycles. The molecule has 0 saturated carbocycles. The van der Waals surface area contributed by atoms with Gasteiger partial charge in [0, 0.05) is 5.56 Å². The van der Waals surface area contributed by atoms with Crippen LogP contribution in [-0.4, -0.2) is 23.5 Å². The van der Waals surface area contributed by atoms with Crippen molar-refractivity contribution in [3.05, 3.63) is 51.5 Å². The van der Waals surface area contributed by atoms with E-state index < -0.39 is 5.54 Å². The maximum atomic E-state index is 12.3. The highest BCUT2D eigenvalue weighted by atomic mass is 32.1. The van der Waals surface area contributed by atoms with Crippen molar-refractivity contribution in [1.29, 1.82) is 0 Å². The lowest BCUT2D eigenvalue weighted by molar-refractivity contribution is 0.0531. The average molecular weight is 332 g/mol. The van der Waals surface area contributed by atoms with E-state index in [0.29, 0.717) is 27.7 Å². The molecule has 23 heavy (non-hydrogen) atoms. The molecular weight excluding hydrogens is 312 g/mol. The Morgan fingerprint density at radius 1 is 1.26 bits per heavy atom. The zero-order chi connectivity index (χ0) is 17.0. The number of ether oxygens (including phenoxy) is 1. The molecule has 2 aromatic rings. The lowest BCUT2D eigenvalue weighted by Gasteiger charge is -2.23. The second kappa shape index (κ2) is 6.91. The number of aryl methyl sites for hydroxylation is 1. The molecule has 0 saturated heterocycles. The summed E-state index contributed by atoms with van der Waals surface area (Å²) < 4.78 is 5.03. The van der Waals surface area contributed by atoms with E-state index in [9.17, 15) is 9.59 Å². The van der Waals surface area contributed by atoms with Crippen LogP contribution in [0.5, 0.6) is 0 Å². The summed E-state index contributed by atoms with van der Waals surface area (Å²) in [6.45, 7) is 7.57. The summed E-state index contributed by atoms with van der Waals surface area (Å²) in [4.78, 5) is 29.2. The molecule has 0 bridgehead atoms. The molecule has 0 spiro atoms. The number of aromatic nitrogens is 1. The molecule has 0 atom stereocenters. The number of benzene rings is 1. The quantitative estimate of drug-likeness (QED) is 0.853. The lowest BCUT2D eigenvalue weighted by atomic mass is 10.1.